The molecule has 1 aliphatic heterocycles. The van der Waals surface area contributed by atoms with Crippen LogP contribution in [-0.2, 0) is 65.6 Å². The maximum atomic E-state index is 14.8. The molecule has 1 saturated heterocycles. The van der Waals surface area contributed by atoms with Gasteiger partial charge in [-0.25, -0.2) is 0 Å². The van der Waals surface area contributed by atoms with Gasteiger partial charge in [0.2, 0.25) is 65.0 Å². The second kappa shape index (κ2) is 30.8. The highest BCUT2D eigenvalue weighted by molar-refractivity contribution is 8.76. The lowest BCUT2D eigenvalue weighted by Gasteiger charge is -2.30. The average molecular weight is 1060 g/mol. The fraction of sp³-hybridized carbons (Fsp3) is 0.532. The predicted molar refractivity (Wildman–Crippen MR) is 271 cm³/mol. The van der Waals surface area contributed by atoms with Crippen molar-refractivity contribution in [1.29, 1.82) is 0 Å². The fourth-order valence-electron chi connectivity index (χ4n) is 7.27. The first kappa shape index (κ1) is 60.3. The van der Waals surface area contributed by atoms with Crippen molar-refractivity contribution < 1.29 is 57.8 Å². The zero-order valence-corrected chi connectivity index (χ0v) is 42.9. The molecule has 0 saturated carbocycles. The lowest BCUT2D eigenvalue weighted by atomic mass is 9.96. The van der Waals surface area contributed by atoms with Crippen molar-refractivity contribution in [2.45, 2.75) is 115 Å². The van der Waals surface area contributed by atoms with E-state index in [4.69, 9.17) is 17.2 Å². The molecule has 0 aliphatic carbocycles. The van der Waals surface area contributed by atoms with Crippen molar-refractivity contribution in [2.75, 3.05) is 31.1 Å². The summed E-state index contributed by atoms with van der Waals surface area (Å²) in [4.78, 5) is 153. The van der Waals surface area contributed by atoms with Crippen molar-refractivity contribution in [3.05, 3.63) is 59.9 Å². The van der Waals surface area contributed by atoms with Crippen molar-refractivity contribution in [2.24, 2.45) is 29.0 Å². The van der Waals surface area contributed by atoms with Crippen molar-refractivity contribution in [3.8, 4) is 5.75 Å². The second-order valence-corrected chi connectivity index (χ2v) is 20.5. The van der Waals surface area contributed by atoms with Crippen molar-refractivity contribution in [3.63, 3.8) is 0 Å². The number of benzene rings is 1. The first-order valence-corrected chi connectivity index (χ1v) is 26.2. The highest BCUT2D eigenvalue weighted by Gasteiger charge is 2.36. The largest absolute Gasteiger partial charge is 0.508 e. The molecule has 2 heterocycles. The highest BCUT2D eigenvalue weighted by atomic mass is 33.1. The van der Waals surface area contributed by atoms with E-state index in [2.05, 4.69) is 42.2 Å². The van der Waals surface area contributed by atoms with Crippen LogP contribution in [0.2, 0.25) is 0 Å². The molecule has 1 aliphatic rings. The van der Waals surface area contributed by atoms with E-state index in [1.807, 2.05) is 0 Å². The van der Waals surface area contributed by atoms with E-state index in [9.17, 15) is 57.8 Å². The summed E-state index contributed by atoms with van der Waals surface area (Å²) in [6.07, 6.45) is 1.92. The molecule has 400 valence electrons. The molecule has 24 nitrogen and oxygen atoms in total. The molecule has 1 aromatic carbocycles. The normalized spacial score (nSPS) is 20.3. The third kappa shape index (κ3) is 22.1. The maximum Gasteiger partial charge on any atom is 0.246 e. The van der Waals surface area contributed by atoms with Crippen LogP contribution >= 0.6 is 21.6 Å². The number of aromatic nitrogens is 1. The lowest BCUT2D eigenvalue weighted by Crippen LogP contribution is -2.61. The van der Waals surface area contributed by atoms with Crippen LogP contribution in [0.1, 0.15) is 77.3 Å². The van der Waals surface area contributed by atoms with Crippen LogP contribution in [0.3, 0.4) is 0 Å². The van der Waals surface area contributed by atoms with Gasteiger partial charge in [0.1, 0.15) is 42.0 Å². The van der Waals surface area contributed by atoms with E-state index >= 15 is 0 Å². The van der Waals surface area contributed by atoms with Crippen LogP contribution in [0, 0.1) is 11.8 Å². The SMILES string of the molecule is CC[C@H](C)[C@@H]1NC(=O)[C@H](Cc2ccc(O)cc2)NC(=O)CCSSC[C@@H](C(=O)N(CCc2ccncc2)CC(=O)N[C@@H](CC(C)C)C(=O)NCC(N)=O)NC(=O)[C@H](CC(N)=O)NC(=O)[C@H](CCC(N)=O)NC1=O. The third-order valence-electron chi connectivity index (χ3n) is 11.4. The molecule has 3 rings (SSSR count). The molecular weight excluding hydrogens is 989 g/mol. The zero-order chi connectivity index (χ0) is 54.2. The molecular formula is C47H68N12O12S2. The summed E-state index contributed by atoms with van der Waals surface area (Å²) in [6, 6.07) is 0.794. The molecule has 14 N–H and O–H groups in total. The van der Waals surface area contributed by atoms with E-state index in [1.54, 1.807) is 52.0 Å². The van der Waals surface area contributed by atoms with Gasteiger partial charge < -0.3 is 64.4 Å². The first-order chi connectivity index (χ1) is 34.6. The van der Waals surface area contributed by atoms with E-state index in [-0.39, 0.29) is 55.4 Å². The van der Waals surface area contributed by atoms with Crippen LogP contribution in [0.25, 0.3) is 0 Å². The smallest absolute Gasteiger partial charge is 0.246 e. The van der Waals surface area contributed by atoms with E-state index in [0.29, 0.717) is 12.0 Å². The maximum absolute atomic E-state index is 14.8. The standard InChI is InChI=1S/C47H68N12O12S2/c1-5-27(4)41-46(70)55-31(10-11-36(48)61)43(67)56-34(22-37(49)62)44(68)57-35(25-73-72-19-15-39(64)53-33(45(69)58-41)21-29-6-8-30(60)9-7-29)47(71)59(18-14-28-12-16-51-17-13-28)24-40(65)54-32(20-26(2)3)42(66)52-23-38(50)63/h6-9,12-13,16-17,26-27,31-35,41,60H,5,10-11,14-15,18-25H2,1-4H3,(H2,48,61)(H2,49,62)(H2,50,63)(H,52,66)(H,53,64)(H,54,65)(H,55,70)(H,56,67)(H,57,68)(H,58,69)/t27-,31-,32-,33-,34-,35-,41-/m0/s1. The Morgan fingerprint density at radius 2 is 1.42 bits per heavy atom. The molecule has 26 heteroatoms. The van der Waals surface area contributed by atoms with Crippen LogP contribution in [0.15, 0.2) is 48.8 Å². The summed E-state index contributed by atoms with van der Waals surface area (Å²) in [6.45, 7) is 5.80. The molecule has 73 heavy (non-hydrogen) atoms. The number of phenols is 1. The average Bonchev–Trinajstić information content (AvgIpc) is 3.33. The van der Waals surface area contributed by atoms with Crippen molar-refractivity contribution in [1.82, 2.24) is 47.1 Å². The summed E-state index contributed by atoms with van der Waals surface area (Å²) in [5.74, 6) is -10.1. The van der Waals surface area contributed by atoms with Gasteiger partial charge in [-0.1, -0.05) is 67.8 Å². The number of phenolic OH excluding ortho intramolecular Hbond substituents is 1. The number of amides is 11. The number of carbonyl (C=O) groups excluding carboxylic acids is 11. The quantitative estimate of drug-likeness (QED) is 0.0599. The summed E-state index contributed by atoms with van der Waals surface area (Å²) < 4.78 is 0. The van der Waals surface area contributed by atoms with Gasteiger partial charge in [-0.3, -0.25) is 57.7 Å². The van der Waals surface area contributed by atoms with E-state index in [1.165, 1.54) is 24.5 Å². The highest BCUT2D eigenvalue weighted by Crippen LogP contribution is 2.24. The number of hydrogen-bond donors (Lipinski definition) is 11. The van der Waals surface area contributed by atoms with Crippen molar-refractivity contribution >= 4 is 86.6 Å². The minimum atomic E-state index is -1.77. The monoisotopic (exact) mass is 1060 g/mol. The Hall–Kier alpha value is -6.96. The summed E-state index contributed by atoms with van der Waals surface area (Å²) in [5.41, 5.74) is 17.5. The molecule has 1 aromatic heterocycles. The van der Waals surface area contributed by atoms with Crippen LogP contribution in [0.4, 0.5) is 0 Å². The van der Waals surface area contributed by atoms with Crippen LogP contribution < -0.4 is 54.4 Å². The minimum Gasteiger partial charge on any atom is -0.508 e. The van der Waals surface area contributed by atoms with Gasteiger partial charge in [0, 0.05) is 49.7 Å². The minimum absolute atomic E-state index is 0.0325. The summed E-state index contributed by atoms with van der Waals surface area (Å²) >= 11 is 0. The van der Waals surface area contributed by atoms with E-state index in [0.717, 1.165) is 32.1 Å². The Kier molecular flexibility index (Phi) is 25.5. The number of aromatic hydroxyl groups is 1. The topological polar surface area (TPSA) is 386 Å². The summed E-state index contributed by atoms with van der Waals surface area (Å²) in [5, 5.41) is 27.8. The third-order valence-corrected chi connectivity index (χ3v) is 13.8. The van der Waals surface area contributed by atoms with Gasteiger partial charge >= 0.3 is 0 Å². The number of pyridine rings is 1. The number of rotatable bonds is 21. The molecule has 7 atom stereocenters. The number of carbonyl (C=O) groups is 11. The predicted octanol–water partition coefficient (Wildman–Crippen LogP) is -2.07. The van der Waals surface area contributed by atoms with E-state index < -0.39 is 139 Å². The Balaban J connectivity index is 2.09. The molecule has 1 fully saturated rings. The van der Waals surface area contributed by atoms with Gasteiger partial charge in [-0.15, -0.1) is 0 Å². The Morgan fingerprint density at radius 3 is 2.04 bits per heavy atom. The van der Waals surface area contributed by atoms with Gasteiger partial charge in [0.15, 0.2) is 0 Å². The number of primary amides is 3. The molecule has 2 aromatic rings. The number of hydrogen-bond acceptors (Lipinski definition) is 15. The second-order valence-electron chi connectivity index (χ2n) is 17.9. The Morgan fingerprint density at radius 1 is 0.781 bits per heavy atom. The first-order valence-electron chi connectivity index (χ1n) is 23.7. The fourth-order valence-corrected chi connectivity index (χ4v) is 9.42. The van der Waals surface area contributed by atoms with Gasteiger partial charge in [-0.05, 0) is 66.5 Å². The number of nitrogens with two attached hydrogens (primary N) is 3. The molecule has 0 bridgehead atoms. The zero-order valence-electron chi connectivity index (χ0n) is 41.3. The van der Waals surface area contributed by atoms with Gasteiger partial charge in [0.25, 0.3) is 0 Å². The van der Waals surface area contributed by atoms with Gasteiger partial charge in [-0.2, -0.15) is 0 Å². The van der Waals surface area contributed by atoms with Gasteiger partial charge in [0.05, 0.1) is 19.5 Å². The summed E-state index contributed by atoms with van der Waals surface area (Å²) in [7, 11) is 2.19. The molecule has 0 spiro atoms. The lowest BCUT2D eigenvalue weighted by molar-refractivity contribution is -0.140. The molecule has 0 unspecified atom stereocenters. The Bertz CT molecular complexity index is 2260. The number of nitrogens with zero attached hydrogens (tertiary/aromatic N) is 2. The number of nitrogens with one attached hydrogen (secondary N) is 7. The molecule has 11 amide bonds. The molecule has 0 radical (unpaired) electrons. The van der Waals surface area contributed by atoms with Crippen LogP contribution in [0.5, 0.6) is 5.75 Å². The Labute approximate surface area is 431 Å². The van der Waals surface area contributed by atoms with Crippen LogP contribution in [-0.4, -0.2) is 147 Å².